The molecule has 1 aliphatic carbocycles. The summed E-state index contributed by atoms with van der Waals surface area (Å²) >= 11 is 0. The SMILES string of the molecule is C=CCCCCN(C)C(=O)[C@@H]1C[C@@H](O[Si](C)(C)C(C)(C)C)CN1C(=O)N[C@]1(C(=O)OCC)C[C@@H]1C=C. The molecule has 204 valence electrons. The predicted octanol–water partition coefficient (Wildman–Crippen LogP) is 4.48. The standard InChI is InChI=1S/C27H47N3O5Si/c1-10-13-14-15-16-29(7)23(31)22-17-21(35-36(8,9)26(4,5)6)19-30(22)25(33)28-27(18-20(27)11-2)24(32)34-12-3/h10-11,20-22H,1-2,12-19H2,3-9H3,(H,28,33)/t20-,21+,22-,27+/m0/s1. The number of likely N-dealkylation sites (N-methyl/N-ethyl adjacent to an activating group) is 1. The molecule has 3 amide bonds. The number of nitrogens with one attached hydrogen (secondary N) is 1. The minimum absolute atomic E-state index is 0.00327. The van der Waals surface area contributed by atoms with Gasteiger partial charge in [-0.25, -0.2) is 9.59 Å². The summed E-state index contributed by atoms with van der Waals surface area (Å²) < 4.78 is 11.9. The minimum Gasteiger partial charge on any atom is -0.464 e. The molecule has 2 aliphatic rings. The van der Waals surface area contributed by atoms with Gasteiger partial charge in [-0.3, -0.25) is 4.79 Å². The van der Waals surface area contributed by atoms with E-state index >= 15 is 0 Å². The Bertz CT molecular complexity index is 840. The smallest absolute Gasteiger partial charge is 0.332 e. The Morgan fingerprint density at radius 2 is 1.89 bits per heavy atom. The quantitative estimate of drug-likeness (QED) is 0.177. The molecule has 2 fully saturated rings. The van der Waals surface area contributed by atoms with E-state index in [-0.39, 0.29) is 29.6 Å². The molecule has 4 atom stereocenters. The van der Waals surface area contributed by atoms with Crippen molar-refractivity contribution in [3.8, 4) is 0 Å². The Hall–Kier alpha value is -2.13. The van der Waals surface area contributed by atoms with Crippen LogP contribution < -0.4 is 5.32 Å². The Morgan fingerprint density at radius 3 is 2.42 bits per heavy atom. The maximum Gasteiger partial charge on any atom is 0.332 e. The fourth-order valence-electron chi connectivity index (χ4n) is 4.46. The Labute approximate surface area is 218 Å². The van der Waals surface area contributed by atoms with Crippen LogP contribution in [0.2, 0.25) is 18.1 Å². The lowest BCUT2D eigenvalue weighted by molar-refractivity contribution is -0.147. The van der Waals surface area contributed by atoms with Gasteiger partial charge in [-0.15, -0.1) is 13.2 Å². The molecule has 0 spiro atoms. The molecule has 1 N–H and O–H groups in total. The van der Waals surface area contributed by atoms with E-state index in [1.54, 1.807) is 29.8 Å². The topological polar surface area (TPSA) is 88.2 Å². The summed E-state index contributed by atoms with van der Waals surface area (Å²) in [7, 11) is -0.335. The number of ether oxygens (including phenoxy) is 1. The van der Waals surface area contributed by atoms with Gasteiger partial charge in [-0.05, 0) is 50.7 Å². The summed E-state index contributed by atoms with van der Waals surface area (Å²) in [4.78, 5) is 43.0. The lowest BCUT2D eigenvalue weighted by Crippen LogP contribution is -2.55. The molecule has 1 heterocycles. The highest BCUT2D eigenvalue weighted by atomic mass is 28.4. The highest BCUT2D eigenvalue weighted by molar-refractivity contribution is 6.74. The number of hydrogen-bond acceptors (Lipinski definition) is 5. The minimum atomic E-state index is -2.12. The largest absolute Gasteiger partial charge is 0.464 e. The lowest BCUT2D eigenvalue weighted by atomic mass is 10.1. The molecule has 0 aromatic rings. The van der Waals surface area contributed by atoms with E-state index in [1.165, 1.54) is 0 Å². The summed E-state index contributed by atoms with van der Waals surface area (Å²) in [5, 5.41) is 2.91. The zero-order chi connectivity index (χ0) is 27.3. The summed E-state index contributed by atoms with van der Waals surface area (Å²) in [6, 6.07) is -1.09. The van der Waals surface area contributed by atoms with Crippen molar-refractivity contribution >= 4 is 26.2 Å². The zero-order valence-corrected chi connectivity index (χ0v) is 24.4. The van der Waals surface area contributed by atoms with Crippen molar-refractivity contribution in [2.45, 2.75) is 95.6 Å². The van der Waals surface area contributed by atoms with Crippen molar-refractivity contribution in [1.82, 2.24) is 15.1 Å². The number of esters is 1. The molecule has 8 nitrogen and oxygen atoms in total. The van der Waals surface area contributed by atoms with Gasteiger partial charge in [-0.2, -0.15) is 0 Å². The van der Waals surface area contributed by atoms with Crippen LogP contribution in [0, 0.1) is 5.92 Å². The molecular weight excluding hydrogens is 474 g/mol. The molecule has 0 radical (unpaired) electrons. The first-order chi connectivity index (χ1) is 16.7. The highest BCUT2D eigenvalue weighted by Gasteiger charge is 2.62. The molecule has 1 aliphatic heterocycles. The van der Waals surface area contributed by atoms with Crippen LogP contribution in [0.1, 0.15) is 59.8 Å². The van der Waals surface area contributed by atoms with E-state index in [0.717, 1.165) is 19.3 Å². The number of carbonyl (C=O) groups is 3. The third-order valence-corrected chi connectivity index (χ3v) is 12.4. The maximum atomic E-state index is 13.6. The van der Waals surface area contributed by atoms with Crippen LogP contribution in [0.3, 0.4) is 0 Å². The lowest BCUT2D eigenvalue weighted by Gasteiger charge is -2.38. The third kappa shape index (κ3) is 6.79. The number of unbranched alkanes of at least 4 members (excludes halogenated alkanes) is 2. The van der Waals surface area contributed by atoms with Gasteiger partial charge in [-0.1, -0.05) is 32.9 Å². The van der Waals surface area contributed by atoms with Crippen molar-refractivity contribution in [3.05, 3.63) is 25.3 Å². The molecular formula is C27H47N3O5Si. The number of rotatable bonds is 12. The van der Waals surface area contributed by atoms with Crippen LogP contribution in [0.4, 0.5) is 4.79 Å². The summed E-state index contributed by atoms with van der Waals surface area (Å²) in [6.45, 7) is 21.3. The van der Waals surface area contributed by atoms with E-state index in [4.69, 9.17) is 9.16 Å². The number of allylic oxidation sites excluding steroid dienone is 1. The molecule has 9 heteroatoms. The van der Waals surface area contributed by atoms with Gasteiger partial charge in [0, 0.05) is 32.5 Å². The average molecular weight is 522 g/mol. The van der Waals surface area contributed by atoms with Crippen LogP contribution in [-0.2, 0) is 18.8 Å². The van der Waals surface area contributed by atoms with Crippen LogP contribution >= 0.6 is 0 Å². The van der Waals surface area contributed by atoms with Crippen molar-refractivity contribution in [3.63, 3.8) is 0 Å². The third-order valence-electron chi connectivity index (χ3n) is 7.87. The van der Waals surface area contributed by atoms with Gasteiger partial charge in [0.1, 0.15) is 11.6 Å². The number of likely N-dealkylation sites (tertiary alicyclic amines) is 1. The summed E-state index contributed by atoms with van der Waals surface area (Å²) in [5.74, 6) is -0.755. The van der Waals surface area contributed by atoms with Crippen LogP contribution in [0.15, 0.2) is 25.3 Å². The number of carbonyl (C=O) groups excluding carboxylic acids is 3. The van der Waals surface area contributed by atoms with E-state index in [9.17, 15) is 14.4 Å². The van der Waals surface area contributed by atoms with E-state index < -0.39 is 31.9 Å². The second-order valence-corrected chi connectivity index (χ2v) is 16.4. The molecule has 0 aromatic carbocycles. The molecule has 36 heavy (non-hydrogen) atoms. The van der Waals surface area contributed by atoms with Crippen molar-refractivity contribution in [1.29, 1.82) is 0 Å². The number of amides is 3. The first-order valence-electron chi connectivity index (χ1n) is 13.2. The average Bonchev–Trinajstić information content (AvgIpc) is 3.35. The Kier molecular flexibility index (Phi) is 9.98. The van der Waals surface area contributed by atoms with Crippen LogP contribution in [0.25, 0.3) is 0 Å². The van der Waals surface area contributed by atoms with Crippen molar-refractivity contribution in [2.75, 3.05) is 26.7 Å². The van der Waals surface area contributed by atoms with Gasteiger partial charge in [0.15, 0.2) is 8.32 Å². The Morgan fingerprint density at radius 1 is 1.22 bits per heavy atom. The number of urea groups is 1. The molecule has 2 rings (SSSR count). The molecule has 0 bridgehead atoms. The fraction of sp³-hybridized carbons (Fsp3) is 0.741. The fourth-order valence-corrected chi connectivity index (χ4v) is 5.82. The predicted molar refractivity (Wildman–Crippen MR) is 145 cm³/mol. The van der Waals surface area contributed by atoms with E-state index in [0.29, 0.717) is 25.9 Å². The second kappa shape index (κ2) is 11.9. The van der Waals surface area contributed by atoms with Crippen LogP contribution in [0.5, 0.6) is 0 Å². The number of nitrogens with zero attached hydrogens (tertiary/aromatic N) is 2. The second-order valence-electron chi connectivity index (χ2n) is 11.6. The van der Waals surface area contributed by atoms with Gasteiger partial charge in [0.2, 0.25) is 5.91 Å². The molecule has 1 saturated heterocycles. The van der Waals surface area contributed by atoms with Gasteiger partial charge >= 0.3 is 12.0 Å². The monoisotopic (exact) mass is 521 g/mol. The maximum absolute atomic E-state index is 13.6. The summed E-state index contributed by atoms with van der Waals surface area (Å²) in [5.41, 5.74) is -1.11. The zero-order valence-electron chi connectivity index (χ0n) is 23.4. The van der Waals surface area contributed by atoms with Gasteiger partial charge in [0.05, 0.1) is 12.7 Å². The first-order valence-corrected chi connectivity index (χ1v) is 16.1. The van der Waals surface area contributed by atoms with Crippen molar-refractivity contribution in [2.24, 2.45) is 5.92 Å². The van der Waals surface area contributed by atoms with Crippen LogP contribution in [-0.4, -0.2) is 80.5 Å². The van der Waals surface area contributed by atoms with Gasteiger partial charge in [0.25, 0.3) is 0 Å². The first kappa shape index (κ1) is 30.1. The number of hydrogen-bond donors (Lipinski definition) is 1. The van der Waals surface area contributed by atoms with Crippen molar-refractivity contribution < 1.29 is 23.5 Å². The van der Waals surface area contributed by atoms with E-state index in [1.807, 2.05) is 6.08 Å². The summed E-state index contributed by atoms with van der Waals surface area (Å²) in [6.07, 6.45) is 6.91. The highest BCUT2D eigenvalue weighted by Crippen LogP contribution is 2.46. The molecule has 0 aromatic heterocycles. The molecule has 0 unspecified atom stereocenters. The van der Waals surface area contributed by atoms with Gasteiger partial charge < -0.3 is 24.3 Å². The van der Waals surface area contributed by atoms with E-state index in [2.05, 4.69) is 52.3 Å². The Balaban J connectivity index is 2.23. The molecule has 1 saturated carbocycles. The normalized spacial score (nSPS) is 25.8.